The Kier molecular flexibility index (Phi) is 4.28. The average molecular weight is 347 g/mol. The normalized spacial score (nSPS) is 29.8. The summed E-state index contributed by atoms with van der Waals surface area (Å²) < 4.78 is 15.7. The summed E-state index contributed by atoms with van der Waals surface area (Å²) in [6, 6.07) is 7.18. The minimum atomic E-state index is -1.49. The highest BCUT2D eigenvalue weighted by atomic mass is 16.5. The topological polar surface area (TPSA) is 90.9 Å². The van der Waals surface area contributed by atoms with Crippen LogP contribution in [-0.2, 0) is 28.6 Å². The van der Waals surface area contributed by atoms with Gasteiger partial charge in [0.05, 0.1) is 26.2 Å². The summed E-state index contributed by atoms with van der Waals surface area (Å²) in [7, 11) is 2.48. The quantitative estimate of drug-likeness (QED) is 0.830. The van der Waals surface area contributed by atoms with Crippen molar-refractivity contribution in [1.29, 1.82) is 0 Å². The zero-order valence-corrected chi connectivity index (χ0v) is 14.6. The first-order valence-corrected chi connectivity index (χ1v) is 8.12. The number of hydrogen-bond acceptors (Lipinski definition) is 6. The predicted molar refractivity (Wildman–Crippen MR) is 87.8 cm³/mol. The zero-order valence-electron chi connectivity index (χ0n) is 14.6. The summed E-state index contributed by atoms with van der Waals surface area (Å²) in [6.45, 7) is 3.55. The minimum absolute atomic E-state index is 0.329. The minimum Gasteiger partial charge on any atom is -0.469 e. The van der Waals surface area contributed by atoms with Crippen LogP contribution in [0.2, 0.25) is 0 Å². The first-order chi connectivity index (χ1) is 11.9. The van der Waals surface area contributed by atoms with Gasteiger partial charge in [0.25, 0.3) is 5.91 Å². The molecule has 2 aliphatic rings. The number of fused-ring (bicyclic) bond motifs is 3. The number of para-hydroxylation sites is 1. The fraction of sp³-hybridized carbons (Fsp3) is 0.500. The van der Waals surface area contributed by atoms with Crippen LogP contribution < -0.4 is 5.32 Å². The molecule has 1 fully saturated rings. The number of esters is 2. The summed E-state index contributed by atoms with van der Waals surface area (Å²) in [5.74, 6) is -4.19. The Morgan fingerprint density at radius 1 is 1.12 bits per heavy atom. The van der Waals surface area contributed by atoms with Gasteiger partial charge >= 0.3 is 11.9 Å². The molecule has 1 saturated carbocycles. The molecule has 4 atom stereocenters. The summed E-state index contributed by atoms with van der Waals surface area (Å²) >= 11 is 0. The Morgan fingerprint density at radius 3 is 2.36 bits per heavy atom. The van der Waals surface area contributed by atoms with E-state index >= 15 is 0 Å². The molecule has 0 saturated heterocycles. The molecule has 3 rings (SSSR count). The zero-order chi connectivity index (χ0) is 18.4. The number of hydrogen-bond donors (Lipinski definition) is 1. The van der Waals surface area contributed by atoms with Crippen molar-refractivity contribution in [2.24, 2.45) is 11.8 Å². The van der Waals surface area contributed by atoms with Crippen molar-refractivity contribution < 1.29 is 28.6 Å². The Hall–Kier alpha value is -2.41. The Morgan fingerprint density at radius 2 is 1.76 bits per heavy atom. The maximum Gasteiger partial charge on any atom is 0.313 e. The molecule has 7 heteroatoms. The number of amides is 1. The summed E-state index contributed by atoms with van der Waals surface area (Å²) in [6.07, 6.45) is -0.329. The van der Waals surface area contributed by atoms with Gasteiger partial charge in [-0.15, -0.1) is 0 Å². The van der Waals surface area contributed by atoms with E-state index < -0.39 is 41.2 Å². The van der Waals surface area contributed by atoms with E-state index in [0.29, 0.717) is 5.69 Å². The number of carbonyl (C=O) groups is 3. The predicted octanol–water partition coefficient (Wildman–Crippen LogP) is 1.48. The van der Waals surface area contributed by atoms with Gasteiger partial charge in [-0.25, -0.2) is 0 Å². The lowest BCUT2D eigenvalue weighted by Crippen LogP contribution is -2.74. The average Bonchev–Trinajstić information content (AvgIpc) is 2.57. The van der Waals surface area contributed by atoms with E-state index in [1.807, 2.05) is 12.1 Å². The third-order valence-electron chi connectivity index (χ3n) is 4.90. The second kappa shape index (κ2) is 6.15. The third kappa shape index (κ3) is 2.33. The van der Waals surface area contributed by atoms with Crippen LogP contribution in [-0.4, -0.2) is 43.8 Å². The summed E-state index contributed by atoms with van der Waals surface area (Å²) in [5.41, 5.74) is -0.134. The lowest BCUT2D eigenvalue weighted by Gasteiger charge is -2.59. The van der Waals surface area contributed by atoms with E-state index in [1.165, 1.54) is 14.2 Å². The van der Waals surface area contributed by atoms with Gasteiger partial charge in [0.2, 0.25) is 0 Å². The smallest absolute Gasteiger partial charge is 0.313 e. The second-order valence-corrected chi connectivity index (χ2v) is 6.53. The van der Waals surface area contributed by atoms with E-state index in [1.54, 1.807) is 26.0 Å². The van der Waals surface area contributed by atoms with Gasteiger partial charge in [0, 0.05) is 11.6 Å². The molecule has 1 N–H and O–H groups in total. The van der Waals surface area contributed by atoms with Gasteiger partial charge in [0.15, 0.2) is 5.60 Å². The molecule has 0 spiro atoms. The van der Waals surface area contributed by atoms with Crippen LogP contribution in [0.1, 0.15) is 25.3 Å². The highest BCUT2D eigenvalue weighted by Gasteiger charge is 2.75. The van der Waals surface area contributed by atoms with E-state index in [-0.39, 0.29) is 6.10 Å². The van der Waals surface area contributed by atoms with Gasteiger partial charge in [-0.3, -0.25) is 14.4 Å². The fourth-order valence-corrected chi connectivity index (χ4v) is 4.06. The molecule has 0 bridgehead atoms. The largest absolute Gasteiger partial charge is 0.469 e. The van der Waals surface area contributed by atoms with E-state index in [0.717, 1.165) is 5.56 Å². The molecule has 1 aromatic carbocycles. The maximum atomic E-state index is 13.0. The van der Waals surface area contributed by atoms with Crippen molar-refractivity contribution in [3.05, 3.63) is 29.8 Å². The molecule has 25 heavy (non-hydrogen) atoms. The van der Waals surface area contributed by atoms with Gasteiger partial charge in [-0.1, -0.05) is 18.2 Å². The summed E-state index contributed by atoms with van der Waals surface area (Å²) in [5, 5.41) is 2.80. The molecule has 7 nitrogen and oxygen atoms in total. The SMILES string of the molecule is COC(=O)[C@H]1[C@H](C(=O)OC)[C@@]2(OC(C)C)C(=O)Nc3ccccc3[C@@H]12. The highest BCUT2D eigenvalue weighted by molar-refractivity contribution is 6.08. The standard InChI is InChI=1S/C18H21NO6/c1-9(2)25-18-13(10-7-5-6-8-11(10)19-17(18)22)12(15(20)23-3)14(18)16(21)24-4/h5-9,12-14H,1-4H3,(H,19,22)/t12-,13+,14-,18-/m1/s1. The lowest BCUT2D eigenvalue weighted by atomic mass is 9.49. The van der Waals surface area contributed by atoms with Crippen molar-refractivity contribution in [3.63, 3.8) is 0 Å². The van der Waals surface area contributed by atoms with Gasteiger partial charge < -0.3 is 19.5 Å². The molecule has 134 valence electrons. The fourth-order valence-electron chi connectivity index (χ4n) is 4.06. The molecule has 1 aliphatic carbocycles. The number of carbonyl (C=O) groups excluding carboxylic acids is 3. The lowest BCUT2D eigenvalue weighted by molar-refractivity contribution is -0.228. The number of rotatable bonds is 4. The number of nitrogens with one attached hydrogen (secondary N) is 1. The number of benzene rings is 1. The van der Waals surface area contributed by atoms with E-state index in [9.17, 15) is 14.4 Å². The molecule has 1 aliphatic heterocycles. The second-order valence-electron chi connectivity index (χ2n) is 6.53. The van der Waals surface area contributed by atoms with Crippen molar-refractivity contribution >= 4 is 23.5 Å². The molecular formula is C18H21NO6. The molecule has 0 unspecified atom stereocenters. The number of methoxy groups -OCH3 is 2. The van der Waals surface area contributed by atoms with Crippen LogP contribution in [0, 0.1) is 11.8 Å². The van der Waals surface area contributed by atoms with Crippen LogP contribution in [0.15, 0.2) is 24.3 Å². The number of ether oxygens (including phenoxy) is 3. The van der Waals surface area contributed by atoms with E-state index in [4.69, 9.17) is 14.2 Å². The Balaban J connectivity index is 2.19. The third-order valence-corrected chi connectivity index (χ3v) is 4.90. The molecule has 0 aromatic heterocycles. The monoisotopic (exact) mass is 347 g/mol. The van der Waals surface area contributed by atoms with Crippen LogP contribution in [0.3, 0.4) is 0 Å². The van der Waals surface area contributed by atoms with Crippen LogP contribution in [0.5, 0.6) is 0 Å². The van der Waals surface area contributed by atoms with Crippen LogP contribution in [0.25, 0.3) is 0 Å². The molecule has 1 amide bonds. The van der Waals surface area contributed by atoms with Crippen LogP contribution >= 0.6 is 0 Å². The van der Waals surface area contributed by atoms with Gasteiger partial charge in [-0.2, -0.15) is 0 Å². The molecular weight excluding hydrogens is 326 g/mol. The van der Waals surface area contributed by atoms with E-state index in [2.05, 4.69) is 5.32 Å². The molecule has 0 radical (unpaired) electrons. The van der Waals surface area contributed by atoms with Gasteiger partial charge in [-0.05, 0) is 25.5 Å². The van der Waals surface area contributed by atoms with Crippen molar-refractivity contribution in [3.8, 4) is 0 Å². The van der Waals surface area contributed by atoms with Gasteiger partial charge in [0.1, 0.15) is 5.92 Å². The van der Waals surface area contributed by atoms with Crippen molar-refractivity contribution in [1.82, 2.24) is 0 Å². The van der Waals surface area contributed by atoms with Crippen LogP contribution in [0.4, 0.5) is 5.69 Å². The summed E-state index contributed by atoms with van der Waals surface area (Å²) in [4.78, 5) is 37.8. The van der Waals surface area contributed by atoms with Crippen molar-refractivity contribution in [2.45, 2.75) is 31.5 Å². The van der Waals surface area contributed by atoms with Crippen molar-refractivity contribution in [2.75, 3.05) is 19.5 Å². The maximum absolute atomic E-state index is 13.0. The Bertz CT molecular complexity index is 730. The molecule has 1 heterocycles. The number of anilines is 1. The Labute approximate surface area is 145 Å². The highest BCUT2D eigenvalue weighted by Crippen LogP contribution is 2.62. The first-order valence-electron chi connectivity index (χ1n) is 8.12. The first kappa shape index (κ1) is 17.4. The molecule has 1 aromatic rings.